The van der Waals surface area contributed by atoms with Crippen molar-refractivity contribution in [3.8, 4) is 0 Å². The second-order valence-electron chi connectivity index (χ2n) is 2.80. The fourth-order valence-electron chi connectivity index (χ4n) is 1.15. The van der Waals surface area contributed by atoms with Crippen LogP contribution in [-0.4, -0.2) is 23.3 Å². The zero-order valence-electron chi connectivity index (χ0n) is 6.91. The third-order valence-corrected chi connectivity index (χ3v) is 3.19. The van der Waals surface area contributed by atoms with E-state index in [1.54, 1.807) is 0 Å². The third kappa shape index (κ3) is 3.60. The van der Waals surface area contributed by atoms with Gasteiger partial charge < -0.3 is 4.74 Å². The average molecular weight is 206 g/mol. The molecule has 1 saturated heterocycles. The van der Waals surface area contributed by atoms with E-state index in [0.29, 0.717) is 17.7 Å². The first-order chi connectivity index (χ1) is 5.83. The fraction of sp³-hybridized carbons (Fsp3) is 0.857. The Morgan fingerprint density at radius 3 is 2.83 bits per heavy atom. The van der Waals surface area contributed by atoms with Crippen LogP contribution in [0.5, 0.6) is 0 Å². The van der Waals surface area contributed by atoms with E-state index in [2.05, 4.69) is 5.43 Å². The smallest absolute Gasteiger partial charge is 0.271 e. The summed E-state index contributed by atoms with van der Waals surface area (Å²) in [5.41, 5.74) is 2.31. The number of thioether (sulfide) groups is 1. The van der Waals surface area contributed by atoms with Crippen LogP contribution in [0.15, 0.2) is 0 Å². The molecule has 70 valence electrons. The summed E-state index contributed by atoms with van der Waals surface area (Å²) in [5.74, 6) is 8.23. The van der Waals surface area contributed by atoms with Crippen molar-refractivity contribution in [1.82, 2.24) is 5.43 Å². The average Bonchev–Trinajstić information content (AvgIpc) is 2.16. The van der Waals surface area contributed by atoms with E-state index in [9.17, 15) is 0 Å². The van der Waals surface area contributed by atoms with Crippen molar-refractivity contribution in [2.45, 2.75) is 12.8 Å². The summed E-state index contributed by atoms with van der Waals surface area (Å²) >= 11 is 6.77. The molecule has 1 rings (SSSR count). The van der Waals surface area contributed by atoms with Gasteiger partial charge in [0.1, 0.15) is 0 Å². The van der Waals surface area contributed by atoms with Crippen LogP contribution in [0.25, 0.3) is 0 Å². The van der Waals surface area contributed by atoms with Crippen LogP contribution in [0.4, 0.5) is 0 Å². The van der Waals surface area contributed by atoms with Crippen LogP contribution < -0.4 is 11.3 Å². The van der Waals surface area contributed by atoms with Gasteiger partial charge in [0.15, 0.2) is 0 Å². The molecule has 0 saturated carbocycles. The second-order valence-corrected chi connectivity index (χ2v) is 4.39. The predicted molar refractivity (Wildman–Crippen MR) is 55.9 cm³/mol. The third-order valence-electron chi connectivity index (χ3n) is 1.91. The molecular formula is C7H14N2OS2. The summed E-state index contributed by atoms with van der Waals surface area (Å²) in [6.45, 7) is 0.712. The molecule has 0 atom stereocenters. The van der Waals surface area contributed by atoms with Gasteiger partial charge in [-0.1, -0.05) is 0 Å². The first-order valence-corrected chi connectivity index (χ1v) is 5.60. The maximum atomic E-state index is 5.22. The van der Waals surface area contributed by atoms with E-state index in [-0.39, 0.29) is 0 Å². The van der Waals surface area contributed by atoms with Crippen LogP contribution in [0, 0.1) is 5.92 Å². The Hall–Kier alpha value is 0. The minimum atomic E-state index is 0.299. The van der Waals surface area contributed by atoms with Crippen LogP contribution >= 0.6 is 24.0 Å². The van der Waals surface area contributed by atoms with E-state index in [1.807, 2.05) is 11.8 Å². The summed E-state index contributed by atoms with van der Waals surface area (Å²) in [6.07, 6.45) is 2.47. The van der Waals surface area contributed by atoms with Crippen molar-refractivity contribution in [3.63, 3.8) is 0 Å². The van der Waals surface area contributed by atoms with Crippen molar-refractivity contribution in [2.24, 2.45) is 11.8 Å². The lowest BCUT2D eigenvalue weighted by molar-refractivity contribution is 0.226. The van der Waals surface area contributed by atoms with Gasteiger partial charge in [-0.05, 0) is 42.5 Å². The Morgan fingerprint density at radius 2 is 2.25 bits per heavy atom. The summed E-state index contributed by atoms with van der Waals surface area (Å²) in [6, 6.07) is 0. The molecule has 0 aliphatic carbocycles. The molecule has 3 N–H and O–H groups in total. The van der Waals surface area contributed by atoms with Gasteiger partial charge in [-0.15, -0.1) is 0 Å². The van der Waals surface area contributed by atoms with Crippen molar-refractivity contribution < 1.29 is 4.74 Å². The first kappa shape index (κ1) is 10.1. The maximum absolute atomic E-state index is 5.22. The quantitative estimate of drug-likeness (QED) is 0.399. The number of thiocarbonyl (C=S) groups is 1. The SMILES string of the molecule is NNC(=S)OCC1CCSCC1. The van der Waals surface area contributed by atoms with E-state index < -0.39 is 0 Å². The second kappa shape index (κ2) is 5.61. The maximum Gasteiger partial charge on any atom is 0.271 e. The molecule has 0 spiro atoms. The Bertz CT molecular complexity index is 148. The number of hydrogen-bond acceptors (Lipinski definition) is 4. The highest BCUT2D eigenvalue weighted by Crippen LogP contribution is 2.22. The van der Waals surface area contributed by atoms with E-state index in [0.717, 1.165) is 0 Å². The fourth-order valence-corrected chi connectivity index (χ4v) is 2.42. The normalized spacial score (nSPS) is 18.8. The van der Waals surface area contributed by atoms with Crippen LogP contribution in [0.2, 0.25) is 0 Å². The predicted octanol–water partition coefficient (Wildman–Crippen LogP) is 0.894. The van der Waals surface area contributed by atoms with E-state index >= 15 is 0 Å². The molecule has 0 aromatic heterocycles. The molecule has 5 heteroatoms. The molecule has 1 aliphatic rings. The topological polar surface area (TPSA) is 47.3 Å². The Labute approximate surface area is 82.4 Å². The lowest BCUT2D eigenvalue weighted by Gasteiger charge is -2.21. The Morgan fingerprint density at radius 1 is 1.58 bits per heavy atom. The lowest BCUT2D eigenvalue weighted by Crippen LogP contribution is -2.32. The highest BCUT2D eigenvalue weighted by Gasteiger charge is 2.14. The number of hydrogen-bond donors (Lipinski definition) is 2. The number of nitrogens with two attached hydrogens (primary N) is 1. The molecular weight excluding hydrogens is 192 g/mol. The van der Waals surface area contributed by atoms with Gasteiger partial charge in [-0.2, -0.15) is 11.8 Å². The summed E-state index contributed by atoms with van der Waals surface area (Å²) in [5, 5.41) is 0.299. The van der Waals surface area contributed by atoms with Gasteiger partial charge in [-0.3, -0.25) is 5.43 Å². The molecule has 0 aromatic rings. The van der Waals surface area contributed by atoms with Gasteiger partial charge in [0, 0.05) is 0 Å². The molecule has 0 amide bonds. The van der Waals surface area contributed by atoms with E-state index in [4.69, 9.17) is 22.8 Å². The standard InChI is InChI=1S/C7H14N2OS2/c8-9-7(11)10-5-6-1-3-12-4-2-6/h6H,1-5,8H2,(H,9,11). The number of ether oxygens (including phenoxy) is 1. The Kier molecular flexibility index (Phi) is 4.72. The minimum absolute atomic E-state index is 0.299. The van der Waals surface area contributed by atoms with Gasteiger partial charge in [0.25, 0.3) is 5.17 Å². The van der Waals surface area contributed by atoms with Crippen molar-refractivity contribution >= 4 is 29.2 Å². The number of rotatable bonds is 2. The monoisotopic (exact) mass is 206 g/mol. The minimum Gasteiger partial charge on any atom is -0.470 e. The first-order valence-electron chi connectivity index (χ1n) is 4.04. The molecule has 0 aromatic carbocycles. The lowest BCUT2D eigenvalue weighted by atomic mass is 10.0. The van der Waals surface area contributed by atoms with Crippen LogP contribution in [0.3, 0.4) is 0 Å². The number of nitrogens with one attached hydrogen (secondary N) is 1. The zero-order chi connectivity index (χ0) is 8.81. The largest absolute Gasteiger partial charge is 0.470 e. The summed E-state index contributed by atoms with van der Waals surface area (Å²) < 4.78 is 5.22. The van der Waals surface area contributed by atoms with Crippen molar-refractivity contribution in [3.05, 3.63) is 0 Å². The highest BCUT2D eigenvalue weighted by atomic mass is 32.2. The van der Waals surface area contributed by atoms with Gasteiger partial charge in [0.2, 0.25) is 0 Å². The molecule has 1 fully saturated rings. The van der Waals surface area contributed by atoms with Crippen molar-refractivity contribution in [1.29, 1.82) is 0 Å². The molecule has 1 aliphatic heterocycles. The molecule has 0 unspecified atom stereocenters. The van der Waals surface area contributed by atoms with Gasteiger partial charge in [0.05, 0.1) is 6.61 Å². The van der Waals surface area contributed by atoms with Gasteiger partial charge in [-0.25, -0.2) is 5.84 Å². The number of hydrazine groups is 1. The molecule has 0 bridgehead atoms. The molecule has 3 nitrogen and oxygen atoms in total. The van der Waals surface area contributed by atoms with Crippen molar-refractivity contribution in [2.75, 3.05) is 18.1 Å². The molecule has 12 heavy (non-hydrogen) atoms. The summed E-state index contributed by atoms with van der Waals surface area (Å²) in [4.78, 5) is 0. The Balaban J connectivity index is 2.09. The molecule has 1 heterocycles. The van der Waals surface area contributed by atoms with E-state index in [1.165, 1.54) is 24.3 Å². The van der Waals surface area contributed by atoms with Crippen LogP contribution in [0.1, 0.15) is 12.8 Å². The summed E-state index contributed by atoms with van der Waals surface area (Å²) in [7, 11) is 0. The van der Waals surface area contributed by atoms with Gasteiger partial charge >= 0.3 is 0 Å². The van der Waals surface area contributed by atoms with Crippen LogP contribution in [-0.2, 0) is 4.74 Å². The zero-order valence-corrected chi connectivity index (χ0v) is 8.55. The molecule has 0 radical (unpaired) electrons. The highest BCUT2D eigenvalue weighted by molar-refractivity contribution is 7.99.